The minimum Gasteiger partial charge on any atom is -0.456 e. The predicted molar refractivity (Wildman–Crippen MR) is 296 cm³/mol. The van der Waals surface area contributed by atoms with E-state index in [1.54, 1.807) is 0 Å². The average molecular weight is 892 g/mol. The van der Waals surface area contributed by atoms with E-state index in [-0.39, 0.29) is 0 Å². The molecule has 0 unspecified atom stereocenters. The molecule has 1 aromatic heterocycles. The lowest BCUT2D eigenvalue weighted by atomic mass is 9.78. The zero-order valence-electron chi connectivity index (χ0n) is 38.3. The van der Waals surface area contributed by atoms with Gasteiger partial charge in [0.15, 0.2) is 0 Å². The van der Waals surface area contributed by atoms with E-state index < -0.39 is 0 Å². The molecule has 2 heteroatoms. The van der Waals surface area contributed by atoms with Crippen LogP contribution in [-0.4, -0.2) is 0 Å². The Kier molecular flexibility index (Phi) is 10.2. The van der Waals surface area contributed by atoms with Crippen LogP contribution in [-0.2, 0) is 0 Å². The molecule has 0 saturated carbocycles. The molecule has 13 rings (SSSR count). The number of rotatable bonds is 9. The first kappa shape index (κ1) is 41.0. The zero-order chi connectivity index (χ0) is 46.4. The molecule has 0 aliphatic rings. The highest BCUT2D eigenvalue weighted by Crippen LogP contribution is 2.51. The van der Waals surface area contributed by atoms with Crippen LogP contribution < -0.4 is 4.90 Å². The van der Waals surface area contributed by atoms with Gasteiger partial charge in [0.05, 0.1) is 0 Å². The summed E-state index contributed by atoms with van der Waals surface area (Å²) in [6.45, 7) is 0. The maximum absolute atomic E-state index is 6.46. The molecule has 2 nitrogen and oxygen atoms in total. The maximum Gasteiger partial charge on any atom is 0.137 e. The number of benzene rings is 12. The minimum absolute atomic E-state index is 0.860. The third kappa shape index (κ3) is 7.31. The second kappa shape index (κ2) is 17.4. The molecule has 0 fully saturated rings. The lowest BCUT2D eigenvalue weighted by molar-refractivity contribution is 0.669. The van der Waals surface area contributed by atoms with Crippen LogP contribution in [0.5, 0.6) is 0 Å². The molecule has 328 valence electrons. The number of fused-ring (bicyclic) bond motifs is 5. The van der Waals surface area contributed by atoms with E-state index in [0.717, 1.165) is 50.1 Å². The van der Waals surface area contributed by atoms with Crippen molar-refractivity contribution in [2.75, 3.05) is 4.90 Å². The Bertz CT molecular complexity index is 4010. The highest BCUT2D eigenvalue weighted by molar-refractivity contribution is 6.19. The van der Waals surface area contributed by atoms with E-state index in [4.69, 9.17) is 4.42 Å². The summed E-state index contributed by atoms with van der Waals surface area (Å²) in [7, 11) is 0. The van der Waals surface area contributed by atoms with Gasteiger partial charge in [-0.1, -0.05) is 212 Å². The first-order valence-corrected chi connectivity index (χ1v) is 24.0. The molecule has 0 atom stereocenters. The lowest BCUT2D eigenvalue weighted by Gasteiger charge is -2.26. The zero-order valence-corrected chi connectivity index (χ0v) is 38.3. The Labute approximate surface area is 407 Å². The highest BCUT2D eigenvalue weighted by Gasteiger charge is 2.25. The molecule has 0 N–H and O–H groups in total. The van der Waals surface area contributed by atoms with Crippen LogP contribution in [0.3, 0.4) is 0 Å². The summed E-state index contributed by atoms with van der Waals surface area (Å²) in [5, 5.41) is 7.12. The Morgan fingerprint density at radius 1 is 0.214 bits per heavy atom. The maximum atomic E-state index is 6.46. The van der Waals surface area contributed by atoms with Crippen molar-refractivity contribution in [3.63, 3.8) is 0 Å². The SMILES string of the molecule is c1ccc(-c2c(-c3ccccc3)c(-c3ccccc3)c3cc(-c4ccc(N(c5ccc(-c6ccc7ccccc7c6)cc5)c5ccc6c(c5)oc5ccccc56)cc4)ccc3c2-c2ccccc2)cc1. The van der Waals surface area contributed by atoms with Crippen LogP contribution in [0.2, 0.25) is 0 Å². The van der Waals surface area contributed by atoms with Crippen LogP contribution in [0.1, 0.15) is 0 Å². The summed E-state index contributed by atoms with van der Waals surface area (Å²) in [5.41, 5.74) is 19.2. The van der Waals surface area contributed by atoms with Crippen LogP contribution in [0, 0.1) is 0 Å². The van der Waals surface area contributed by atoms with Crippen molar-refractivity contribution in [3.8, 4) is 66.8 Å². The normalized spacial score (nSPS) is 11.4. The van der Waals surface area contributed by atoms with Crippen molar-refractivity contribution in [2.24, 2.45) is 0 Å². The first-order chi connectivity index (χ1) is 34.7. The molecule has 0 bridgehead atoms. The number of hydrogen-bond donors (Lipinski definition) is 0. The van der Waals surface area contributed by atoms with Gasteiger partial charge in [-0.2, -0.15) is 0 Å². The van der Waals surface area contributed by atoms with Crippen LogP contribution >= 0.6 is 0 Å². The second-order valence-corrected chi connectivity index (χ2v) is 18.0. The predicted octanol–water partition coefficient (Wildman–Crippen LogP) is 19.4. The van der Waals surface area contributed by atoms with Crippen LogP contribution in [0.4, 0.5) is 17.1 Å². The lowest BCUT2D eigenvalue weighted by Crippen LogP contribution is -2.09. The van der Waals surface area contributed by atoms with E-state index >= 15 is 0 Å². The largest absolute Gasteiger partial charge is 0.456 e. The van der Waals surface area contributed by atoms with Crippen molar-refractivity contribution in [1.82, 2.24) is 0 Å². The monoisotopic (exact) mass is 891 g/mol. The molecule has 1 heterocycles. The third-order valence-electron chi connectivity index (χ3n) is 13.8. The second-order valence-electron chi connectivity index (χ2n) is 18.0. The minimum atomic E-state index is 0.860. The summed E-state index contributed by atoms with van der Waals surface area (Å²) in [6, 6.07) is 98.8. The van der Waals surface area contributed by atoms with Gasteiger partial charge in [0, 0.05) is 33.9 Å². The van der Waals surface area contributed by atoms with Gasteiger partial charge in [-0.25, -0.2) is 0 Å². The van der Waals surface area contributed by atoms with Gasteiger partial charge in [-0.05, 0) is 143 Å². The fourth-order valence-electron chi connectivity index (χ4n) is 10.5. The molecule has 0 saturated heterocycles. The van der Waals surface area contributed by atoms with E-state index in [2.05, 4.69) is 266 Å². The Morgan fingerprint density at radius 3 is 1.21 bits per heavy atom. The summed E-state index contributed by atoms with van der Waals surface area (Å²) < 4.78 is 6.46. The molecule has 13 aromatic rings. The van der Waals surface area contributed by atoms with Gasteiger partial charge in [-0.3, -0.25) is 0 Å². The van der Waals surface area contributed by atoms with E-state index in [0.29, 0.717) is 0 Å². The van der Waals surface area contributed by atoms with E-state index in [1.165, 1.54) is 77.2 Å². The molecule has 0 amide bonds. The van der Waals surface area contributed by atoms with Crippen LogP contribution in [0.25, 0.3) is 110 Å². The molecule has 0 aliphatic carbocycles. The van der Waals surface area contributed by atoms with E-state index in [1.807, 2.05) is 12.1 Å². The topological polar surface area (TPSA) is 16.4 Å². The Morgan fingerprint density at radius 2 is 0.629 bits per heavy atom. The van der Waals surface area contributed by atoms with Gasteiger partial charge in [0.2, 0.25) is 0 Å². The van der Waals surface area contributed by atoms with Crippen molar-refractivity contribution in [1.29, 1.82) is 0 Å². The molecular formula is C68H45NO. The molecule has 0 radical (unpaired) electrons. The highest BCUT2D eigenvalue weighted by atomic mass is 16.3. The Balaban J connectivity index is 0.976. The fourth-order valence-corrected chi connectivity index (χ4v) is 10.5. The van der Waals surface area contributed by atoms with Gasteiger partial charge in [0.25, 0.3) is 0 Å². The van der Waals surface area contributed by atoms with Crippen molar-refractivity contribution in [2.45, 2.75) is 0 Å². The van der Waals surface area contributed by atoms with Crippen LogP contribution in [0.15, 0.2) is 277 Å². The first-order valence-electron chi connectivity index (χ1n) is 24.0. The number of furan rings is 1. The van der Waals surface area contributed by atoms with Gasteiger partial charge in [0.1, 0.15) is 11.2 Å². The quantitative estimate of drug-likeness (QED) is 0.144. The third-order valence-corrected chi connectivity index (χ3v) is 13.8. The number of anilines is 3. The van der Waals surface area contributed by atoms with Crippen molar-refractivity contribution in [3.05, 3.63) is 273 Å². The smallest absolute Gasteiger partial charge is 0.137 e. The summed E-state index contributed by atoms with van der Waals surface area (Å²) in [5.74, 6) is 0. The summed E-state index contributed by atoms with van der Waals surface area (Å²) in [4.78, 5) is 2.33. The van der Waals surface area contributed by atoms with Gasteiger partial charge < -0.3 is 9.32 Å². The van der Waals surface area contributed by atoms with Crippen molar-refractivity contribution >= 4 is 60.5 Å². The number of nitrogens with zero attached hydrogens (tertiary/aromatic N) is 1. The summed E-state index contributed by atoms with van der Waals surface area (Å²) >= 11 is 0. The molecular weight excluding hydrogens is 847 g/mol. The van der Waals surface area contributed by atoms with Gasteiger partial charge in [-0.15, -0.1) is 0 Å². The number of hydrogen-bond acceptors (Lipinski definition) is 2. The molecule has 0 aliphatic heterocycles. The average Bonchev–Trinajstić information content (AvgIpc) is 3.81. The Hall–Kier alpha value is -9.24. The molecule has 70 heavy (non-hydrogen) atoms. The van der Waals surface area contributed by atoms with Crippen molar-refractivity contribution < 1.29 is 4.42 Å². The molecule has 0 spiro atoms. The standard InChI is InChI=1S/C68H45NO/c1-5-18-49(19-6-1)65-61-41-35-55(44-62(61)66(50-20-7-2-8-21-50)68(52-24-11-4-12-25-52)67(65)51-22-9-3-10-23-51)48-33-38-57(39-34-48)69(58-40-42-60-59-27-15-16-28-63(59)70-64(60)45-58)56-36-31-47(32-37-56)54-30-29-46-17-13-14-26-53(46)43-54/h1-45H. The molecule has 12 aromatic carbocycles. The number of para-hydroxylation sites is 1. The fraction of sp³-hybridized carbons (Fsp3) is 0. The summed E-state index contributed by atoms with van der Waals surface area (Å²) in [6.07, 6.45) is 0. The van der Waals surface area contributed by atoms with Gasteiger partial charge >= 0.3 is 0 Å². The van der Waals surface area contributed by atoms with E-state index in [9.17, 15) is 0 Å².